The smallest absolute Gasteiger partial charge is 0.357 e. The van der Waals surface area contributed by atoms with E-state index >= 15 is 0 Å². The molecule has 1 fully saturated rings. The van der Waals surface area contributed by atoms with Crippen molar-refractivity contribution in [3.63, 3.8) is 0 Å². The van der Waals surface area contributed by atoms with Gasteiger partial charge in [0.15, 0.2) is 11.9 Å². The summed E-state index contributed by atoms with van der Waals surface area (Å²) in [5.41, 5.74) is 0. The number of carbonyl (C=O) groups is 2. The van der Waals surface area contributed by atoms with Gasteiger partial charge in [0.05, 0.1) is 12.0 Å². The second kappa shape index (κ2) is 7.03. The Labute approximate surface area is 108 Å². The maximum atomic E-state index is 14.0. The second-order valence-corrected chi connectivity index (χ2v) is 4.86. The van der Waals surface area contributed by atoms with E-state index in [4.69, 9.17) is 9.99 Å². The van der Waals surface area contributed by atoms with E-state index in [2.05, 4.69) is 9.37 Å². The summed E-state index contributed by atoms with van der Waals surface area (Å²) >= 11 is -0.00297. The number of rotatable bonds is 6. The Bertz CT molecular complexity index is 313. The van der Waals surface area contributed by atoms with E-state index in [1.54, 1.807) is 0 Å². The number of carbonyl (C=O) groups excluding carboxylic acids is 2. The molecule has 1 N–H and O–H groups in total. The molecule has 0 saturated heterocycles. The lowest BCUT2D eigenvalue weighted by atomic mass is 9.96. The number of Topliss-reactive ketones (excluding diaryl/α,β-unsaturated/α-hetero) is 1. The molecule has 2 unspecified atom stereocenters. The number of halogens is 1. The molecule has 8 heteroatoms. The van der Waals surface area contributed by atoms with Crippen LogP contribution in [0, 0.1) is 0 Å². The van der Waals surface area contributed by atoms with Gasteiger partial charge in [-0.15, -0.1) is 4.33 Å². The first-order valence-electron chi connectivity index (χ1n) is 5.62. The van der Waals surface area contributed by atoms with Crippen LogP contribution in [0.5, 0.6) is 0 Å². The summed E-state index contributed by atoms with van der Waals surface area (Å²) in [4.78, 5) is 23.1. The molecule has 0 aromatic heterocycles. The van der Waals surface area contributed by atoms with Crippen molar-refractivity contribution >= 4 is 23.8 Å². The Morgan fingerprint density at radius 2 is 2.33 bits per heavy atom. The lowest BCUT2D eigenvalue weighted by Gasteiger charge is -2.25. The molecule has 1 saturated carbocycles. The average Bonchev–Trinajstić information content (AvgIpc) is 2.38. The molecule has 18 heavy (non-hydrogen) atoms. The highest BCUT2D eigenvalue weighted by atomic mass is 32.2. The zero-order chi connectivity index (χ0) is 13.6. The molecule has 6 nitrogen and oxygen atoms in total. The summed E-state index contributed by atoms with van der Waals surface area (Å²) in [5.74, 6) is -1.40. The molecule has 0 bridgehead atoms. The van der Waals surface area contributed by atoms with E-state index in [1.807, 2.05) is 0 Å². The van der Waals surface area contributed by atoms with Crippen molar-refractivity contribution in [2.75, 3.05) is 0 Å². The van der Waals surface area contributed by atoms with Gasteiger partial charge >= 0.3 is 5.97 Å². The topological polar surface area (TPSA) is 82.1 Å². The maximum absolute atomic E-state index is 14.0. The first-order chi connectivity index (χ1) is 8.53. The number of hydrogen-bond acceptors (Lipinski definition) is 7. The summed E-state index contributed by atoms with van der Waals surface area (Å²) in [6.07, 6.45) is 1.14. The summed E-state index contributed by atoms with van der Waals surface area (Å²) < 4.78 is 22.8. The van der Waals surface area contributed by atoms with Crippen molar-refractivity contribution in [2.45, 2.75) is 50.1 Å². The molecule has 0 spiro atoms. The molecule has 0 aromatic carbocycles. The van der Waals surface area contributed by atoms with Crippen molar-refractivity contribution in [1.82, 2.24) is 0 Å². The Balaban J connectivity index is 2.58. The molecule has 2 atom stereocenters. The molecular weight excluding hydrogens is 267 g/mol. The zero-order valence-electron chi connectivity index (χ0n) is 9.89. The predicted molar refractivity (Wildman–Crippen MR) is 59.9 cm³/mol. The van der Waals surface area contributed by atoms with Gasteiger partial charge < -0.3 is 4.74 Å². The fourth-order valence-corrected chi connectivity index (χ4v) is 1.97. The second-order valence-electron chi connectivity index (χ2n) is 3.91. The van der Waals surface area contributed by atoms with Crippen LogP contribution in [0.25, 0.3) is 0 Å². The minimum absolute atomic E-state index is 0.00297. The highest BCUT2D eigenvalue weighted by Crippen LogP contribution is 2.34. The van der Waals surface area contributed by atoms with Crippen LogP contribution in [0.1, 0.15) is 39.0 Å². The van der Waals surface area contributed by atoms with Gasteiger partial charge in [0.1, 0.15) is 0 Å². The van der Waals surface area contributed by atoms with Gasteiger partial charge in [-0.1, -0.05) is 12.0 Å². The molecule has 0 aliphatic heterocycles. The molecular formula is C10H15FO6S. The Morgan fingerprint density at radius 1 is 1.61 bits per heavy atom. The highest BCUT2D eigenvalue weighted by molar-refractivity contribution is 7.96. The van der Waals surface area contributed by atoms with Crippen molar-refractivity contribution in [1.29, 1.82) is 0 Å². The third-order valence-corrected chi connectivity index (χ3v) is 3.55. The Kier molecular flexibility index (Phi) is 6.00. The van der Waals surface area contributed by atoms with Crippen molar-refractivity contribution in [3.05, 3.63) is 0 Å². The summed E-state index contributed by atoms with van der Waals surface area (Å²) in [5, 5.41) is 8.69. The summed E-state index contributed by atoms with van der Waals surface area (Å²) in [6, 6.07) is 0. The largest absolute Gasteiger partial charge is 0.451 e. The van der Waals surface area contributed by atoms with Gasteiger partial charge in [-0.2, -0.15) is 0 Å². The van der Waals surface area contributed by atoms with Gasteiger partial charge in [0.2, 0.25) is 0 Å². The van der Waals surface area contributed by atoms with Crippen LogP contribution in [0.3, 0.4) is 0 Å². The third-order valence-electron chi connectivity index (χ3n) is 2.70. The number of hydrogen-bond donors (Lipinski definition) is 1. The first-order valence-corrected chi connectivity index (χ1v) is 6.36. The number of esters is 1. The quantitative estimate of drug-likeness (QED) is 0.346. The first kappa shape index (κ1) is 15.4. The Morgan fingerprint density at radius 3 is 2.89 bits per heavy atom. The van der Waals surface area contributed by atoms with Crippen molar-refractivity contribution in [2.24, 2.45) is 0 Å². The maximum Gasteiger partial charge on any atom is 0.357 e. The van der Waals surface area contributed by atoms with Gasteiger partial charge in [0.25, 0.3) is 5.00 Å². The van der Waals surface area contributed by atoms with Gasteiger partial charge in [-0.3, -0.25) is 4.79 Å². The molecule has 0 amide bonds. The fraction of sp³-hybridized carbons (Fsp3) is 0.800. The van der Waals surface area contributed by atoms with Crippen molar-refractivity contribution < 1.29 is 33.3 Å². The van der Waals surface area contributed by atoms with E-state index in [1.165, 1.54) is 6.92 Å². The van der Waals surface area contributed by atoms with Crippen LogP contribution in [-0.2, 0) is 23.7 Å². The van der Waals surface area contributed by atoms with Crippen LogP contribution in [0.15, 0.2) is 0 Å². The van der Waals surface area contributed by atoms with Gasteiger partial charge in [0, 0.05) is 12.8 Å². The lowest BCUT2D eigenvalue weighted by molar-refractivity contribution is -0.432. The zero-order valence-corrected chi connectivity index (χ0v) is 10.7. The lowest BCUT2D eigenvalue weighted by Crippen LogP contribution is -2.38. The Hall–Kier alpha value is -0.700. The standard InChI is InChI=1S/C10H15FO6S/c1-2-10(11,18-17-16-14)9(13)15-8-6-4-3-5-7(8)12/h8,14H,2-6H2,1H3. The van der Waals surface area contributed by atoms with Crippen LogP contribution in [0.4, 0.5) is 4.39 Å². The SMILES string of the molecule is CCC(F)(SOOO)C(=O)OC1CCCCC1=O. The molecule has 1 aliphatic rings. The molecule has 0 radical (unpaired) electrons. The van der Waals surface area contributed by atoms with E-state index in [0.29, 0.717) is 12.8 Å². The molecule has 1 aliphatic carbocycles. The normalized spacial score (nSPS) is 23.5. The van der Waals surface area contributed by atoms with Crippen LogP contribution < -0.4 is 0 Å². The third kappa shape index (κ3) is 3.91. The van der Waals surface area contributed by atoms with Gasteiger partial charge in [-0.25, -0.2) is 14.4 Å². The minimum Gasteiger partial charge on any atom is -0.451 e. The average molecular weight is 282 g/mol. The number of ketones is 1. The van der Waals surface area contributed by atoms with E-state index in [-0.39, 0.29) is 24.2 Å². The van der Waals surface area contributed by atoms with Gasteiger partial charge in [-0.05, 0) is 19.3 Å². The van der Waals surface area contributed by atoms with Crippen LogP contribution in [-0.4, -0.2) is 28.1 Å². The number of ether oxygens (including phenoxy) is 1. The fourth-order valence-electron chi connectivity index (χ4n) is 1.60. The molecule has 0 aromatic rings. The minimum atomic E-state index is -2.51. The van der Waals surface area contributed by atoms with Crippen LogP contribution in [0.2, 0.25) is 0 Å². The monoisotopic (exact) mass is 282 g/mol. The van der Waals surface area contributed by atoms with E-state index in [9.17, 15) is 14.0 Å². The predicted octanol–water partition coefficient (Wildman–Crippen LogP) is 2.19. The van der Waals surface area contributed by atoms with E-state index < -0.39 is 17.1 Å². The van der Waals surface area contributed by atoms with E-state index in [0.717, 1.165) is 12.8 Å². The highest BCUT2D eigenvalue weighted by Gasteiger charge is 2.43. The van der Waals surface area contributed by atoms with Crippen LogP contribution >= 0.6 is 12.0 Å². The summed E-state index contributed by atoms with van der Waals surface area (Å²) in [7, 11) is 0. The molecule has 104 valence electrons. The van der Waals surface area contributed by atoms with Crippen molar-refractivity contribution in [3.8, 4) is 0 Å². The molecule has 1 rings (SSSR count). The number of alkyl halides is 1. The molecule has 0 heterocycles. The summed E-state index contributed by atoms with van der Waals surface area (Å²) in [6.45, 7) is 1.40.